The van der Waals surface area contributed by atoms with Gasteiger partial charge < -0.3 is 15.1 Å². The molecule has 0 atom stereocenters. The Morgan fingerprint density at radius 3 is 2.48 bits per heavy atom. The molecule has 1 fully saturated rings. The van der Waals surface area contributed by atoms with E-state index in [4.69, 9.17) is 10.2 Å². The number of halogens is 4. The highest BCUT2D eigenvalue weighted by Crippen LogP contribution is 2.33. The molecule has 4 heterocycles. The largest absolute Gasteiger partial charge is 0.458 e. The molecule has 4 aromatic rings. The summed E-state index contributed by atoms with van der Waals surface area (Å²) in [5, 5.41) is 0.288. The van der Waals surface area contributed by atoms with Crippen LogP contribution < -0.4 is 5.73 Å². The van der Waals surface area contributed by atoms with Gasteiger partial charge in [-0.2, -0.15) is 4.39 Å². The van der Waals surface area contributed by atoms with E-state index in [0.717, 1.165) is 0 Å². The molecule has 0 radical (unpaired) electrons. The van der Waals surface area contributed by atoms with Crippen LogP contribution in [-0.2, 0) is 11.2 Å². The van der Waals surface area contributed by atoms with E-state index in [1.807, 2.05) is 0 Å². The van der Waals surface area contributed by atoms with Crippen molar-refractivity contribution in [1.29, 1.82) is 0 Å². The number of rotatable bonds is 7. The van der Waals surface area contributed by atoms with Gasteiger partial charge in [-0.15, -0.1) is 0 Å². The van der Waals surface area contributed by atoms with E-state index in [9.17, 15) is 27.2 Å². The van der Waals surface area contributed by atoms with Crippen molar-refractivity contribution in [1.82, 2.24) is 14.9 Å². The summed E-state index contributed by atoms with van der Waals surface area (Å²) in [5.74, 6) is -5.12. The molecular weight excluding hydrogens is 528 g/mol. The SMILES string of the molecule is Nc1ccc(/C=C/C(=O)CCc2cc3cc(-c4ccc(C(=O)N5CCC(F)(F)CC5)cn4)c(F)c(F)c3o2)cn1. The predicted molar refractivity (Wildman–Crippen MR) is 140 cm³/mol. The van der Waals surface area contributed by atoms with Crippen LogP contribution in [0, 0.1) is 11.6 Å². The summed E-state index contributed by atoms with van der Waals surface area (Å²) in [6.07, 6.45) is 5.19. The molecule has 1 aromatic carbocycles. The molecule has 1 amide bonds. The van der Waals surface area contributed by atoms with Crippen LogP contribution in [0.3, 0.4) is 0 Å². The van der Waals surface area contributed by atoms with Crippen LogP contribution in [0.2, 0.25) is 0 Å². The first-order chi connectivity index (χ1) is 19.1. The number of aryl methyl sites for hydroxylation is 1. The number of nitrogens with zero attached hydrogens (tertiary/aromatic N) is 3. The van der Waals surface area contributed by atoms with Gasteiger partial charge in [-0.3, -0.25) is 14.6 Å². The lowest BCUT2D eigenvalue weighted by Crippen LogP contribution is -2.42. The maximum atomic E-state index is 15.0. The van der Waals surface area contributed by atoms with Gasteiger partial charge in [0.05, 0.1) is 11.3 Å². The van der Waals surface area contributed by atoms with E-state index in [-0.39, 0.29) is 59.5 Å². The number of carbonyl (C=O) groups is 2. The molecule has 1 aliphatic heterocycles. The van der Waals surface area contributed by atoms with Crippen LogP contribution in [-0.4, -0.2) is 45.6 Å². The van der Waals surface area contributed by atoms with Crippen molar-refractivity contribution in [2.24, 2.45) is 0 Å². The number of piperidine rings is 1. The molecule has 2 N–H and O–H groups in total. The summed E-state index contributed by atoms with van der Waals surface area (Å²) in [6.45, 7) is -0.149. The van der Waals surface area contributed by atoms with Gasteiger partial charge in [0.25, 0.3) is 11.8 Å². The standard InChI is InChI=1S/C29H24F4N4O3/c30-25-22(23-7-3-18(16-35-23)28(39)37-11-9-29(32,33)10-12-37)14-19-13-21(40-27(19)26(25)31)6-5-20(38)4-1-17-2-8-24(34)36-15-17/h1-4,7-8,13-16H,5-6,9-12H2,(H2,34,36)/b4-1+. The average molecular weight is 553 g/mol. The van der Waals surface area contributed by atoms with E-state index in [1.165, 1.54) is 47.6 Å². The van der Waals surface area contributed by atoms with Crippen molar-refractivity contribution in [2.45, 2.75) is 31.6 Å². The summed E-state index contributed by atoms with van der Waals surface area (Å²) in [4.78, 5) is 34.3. The number of hydrogen-bond donors (Lipinski definition) is 1. The van der Waals surface area contributed by atoms with Crippen LogP contribution in [0.4, 0.5) is 23.4 Å². The normalized spacial score (nSPS) is 15.2. The Morgan fingerprint density at radius 1 is 1.02 bits per heavy atom. The summed E-state index contributed by atoms with van der Waals surface area (Å²) in [7, 11) is 0. The van der Waals surface area contributed by atoms with Gasteiger partial charge in [0.15, 0.2) is 17.2 Å². The molecule has 206 valence electrons. The molecular formula is C29H24F4N4O3. The summed E-state index contributed by atoms with van der Waals surface area (Å²) >= 11 is 0. The highest BCUT2D eigenvalue weighted by Gasteiger charge is 2.35. The zero-order chi connectivity index (χ0) is 28.4. The number of carbonyl (C=O) groups excluding carboxylic acids is 2. The van der Waals surface area contributed by atoms with Crippen LogP contribution in [0.5, 0.6) is 0 Å². The first-order valence-electron chi connectivity index (χ1n) is 12.6. The molecule has 0 aliphatic carbocycles. The molecule has 7 nitrogen and oxygen atoms in total. The fraction of sp³-hybridized carbons (Fsp3) is 0.241. The Labute approximate surface area is 226 Å². The number of hydrogen-bond acceptors (Lipinski definition) is 6. The van der Waals surface area contributed by atoms with E-state index in [0.29, 0.717) is 17.1 Å². The number of furan rings is 1. The number of allylic oxidation sites excluding steroid dienone is 1. The fourth-order valence-electron chi connectivity index (χ4n) is 4.42. The molecule has 40 heavy (non-hydrogen) atoms. The number of nitrogen functional groups attached to an aromatic ring is 1. The monoisotopic (exact) mass is 552 g/mol. The quantitative estimate of drug-likeness (QED) is 0.228. The number of ketones is 1. The Bertz CT molecular complexity index is 1590. The van der Waals surface area contributed by atoms with Crippen molar-refractivity contribution in [2.75, 3.05) is 18.8 Å². The summed E-state index contributed by atoms with van der Waals surface area (Å²) in [5.41, 5.74) is 6.08. The molecule has 0 bridgehead atoms. The molecule has 0 saturated carbocycles. The van der Waals surface area contributed by atoms with Crippen molar-refractivity contribution in [3.8, 4) is 11.3 Å². The topological polar surface area (TPSA) is 102 Å². The van der Waals surface area contributed by atoms with Gasteiger partial charge in [-0.1, -0.05) is 0 Å². The smallest absolute Gasteiger partial charge is 0.255 e. The third-order valence-electron chi connectivity index (χ3n) is 6.70. The highest BCUT2D eigenvalue weighted by molar-refractivity contribution is 5.95. The van der Waals surface area contributed by atoms with Gasteiger partial charge in [0, 0.05) is 62.1 Å². The molecule has 0 spiro atoms. The Kier molecular flexibility index (Phi) is 7.38. The molecule has 11 heteroatoms. The van der Waals surface area contributed by atoms with E-state index in [2.05, 4.69) is 9.97 Å². The van der Waals surface area contributed by atoms with Crippen LogP contribution in [0.15, 0.2) is 59.3 Å². The fourth-order valence-corrected chi connectivity index (χ4v) is 4.42. The van der Waals surface area contributed by atoms with Gasteiger partial charge in [0.2, 0.25) is 5.82 Å². The lowest BCUT2D eigenvalue weighted by Gasteiger charge is -2.31. The number of pyridine rings is 2. The first-order valence-corrected chi connectivity index (χ1v) is 12.6. The summed E-state index contributed by atoms with van der Waals surface area (Å²) < 4.78 is 62.1. The third-order valence-corrected chi connectivity index (χ3v) is 6.70. The van der Waals surface area contributed by atoms with E-state index < -0.39 is 36.3 Å². The number of nitrogens with two attached hydrogens (primary N) is 1. The molecule has 1 aliphatic rings. The van der Waals surface area contributed by atoms with Crippen LogP contribution in [0.1, 0.15) is 40.9 Å². The van der Waals surface area contributed by atoms with Crippen molar-refractivity contribution < 1.29 is 31.6 Å². The zero-order valence-corrected chi connectivity index (χ0v) is 21.2. The number of fused-ring (bicyclic) bond motifs is 1. The predicted octanol–water partition coefficient (Wildman–Crippen LogP) is 5.84. The maximum absolute atomic E-state index is 15.0. The van der Waals surface area contributed by atoms with Gasteiger partial charge >= 0.3 is 0 Å². The third kappa shape index (κ3) is 5.88. The molecule has 5 rings (SSSR count). The second-order valence-electron chi connectivity index (χ2n) is 9.58. The van der Waals surface area contributed by atoms with E-state index >= 15 is 0 Å². The van der Waals surface area contributed by atoms with Crippen molar-refractivity contribution in [3.63, 3.8) is 0 Å². The highest BCUT2D eigenvalue weighted by atomic mass is 19.3. The number of benzene rings is 1. The van der Waals surface area contributed by atoms with E-state index in [1.54, 1.807) is 18.2 Å². The number of amides is 1. The lowest BCUT2D eigenvalue weighted by molar-refractivity contribution is -0.114. The molecule has 1 saturated heterocycles. The lowest BCUT2D eigenvalue weighted by atomic mass is 10.0. The van der Waals surface area contributed by atoms with Gasteiger partial charge in [0.1, 0.15) is 11.6 Å². The number of alkyl halides is 2. The number of anilines is 1. The average Bonchev–Trinajstić information content (AvgIpc) is 3.36. The second-order valence-corrected chi connectivity index (χ2v) is 9.58. The summed E-state index contributed by atoms with van der Waals surface area (Å²) in [6, 6.07) is 9.03. The number of aromatic nitrogens is 2. The first kappa shape index (κ1) is 27.0. The van der Waals surface area contributed by atoms with Crippen LogP contribution in [0.25, 0.3) is 28.3 Å². The van der Waals surface area contributed by atoms with Crippen molar-refractivity contribution >= 4 is 34.6 Å². The second kappa shape index (κ2) is 10.9. The maximum Gasteiger partial charge on any atom is 0.255 e. The Hall–Kier alpha value is -4.54. The zero-order valence-electron chi connectivity index (χ0n) is 21.2. The molecule has 0 unspecified atom stereocenters. The Balaban J connectivity index is 1.28. The minimum atomic E-state index is -2.78. The number of likely N-dealkylation sites (tertiary alicyclic amines) is 1. The minimum absolute atomic E-state index is 0.0745. The minimum Gasteiger partial charge on any atom is -0.458 e. The molecule has 3 aromatic heterocycles. The van der Waals surface area contributed by atoms with Crippen molar-refractivity contribution in [3.05, 3.63) is 83.4 Å². The van der Waals surface area contributed by atoms with Gasteiger partial charge in [-0.25, -0.2) is 18.2 Å². The van der Waals surface area contributed by atoms with Gasteiger partial charge in [-0.05, 0) is 54.1 Å². The Morgan fingerprint density at radius 2 is 1.80 bits per heavy atom. The van der Waals surface area contributed by atoms with Crippen LogP contribution >= 0.6 is 0 Å².